The minimum Gasteiger partial charge on any atom is -0.481 e. The number of unbranched alkanes of at least 4 members (excludes halogenated alkanes) is 14. The van der Waals surface area contributed by atoms with Crippen LogP contribution in [-0.2, 0) is 26.5 Å². The van der Waals surface area contributed by atoms with Crippen LogP contribution >= 0.6 is 0 Å². The van der Waals surface area contributed by atoms with Crippen molar-refractivity contribution in [1.82, 2.24) is 0 Å². The molecule has 7 heteroatoms. The summed E-state index contributed by atoms with van der Waals surface area (Å²) in [7, 11) is 0. The summed E-state index contributed by atoms with van der Waals surface area (Å²) in [6, 6.07) is 0. The number of aliphatic carboxylic acids is 1. The fourth-order valence-electron chi connectivity index (χ4n) is 2.65. The molecule has 0 aliphatic carbocycles. The summed E-state index contributed by atoms with van der Waals surface area (Å²) in [6.45, 7) is 2.27. The fourth-order valence-corrected chi connectivity index (χ4v) is 2.65. The first kappa shape index (κ1) is 40.3. The summed E-state index contributed by atoms with van der Waals surface area (Å²) < 4.78 is 0. The van der Waals surface area contributed by atoms with Crippen LogP contribution in [0.25, 0.3) is 0 Å². The predicted molar refractivity (Wildman–Crippen MR) is 108 cm³/mol. The topological polar surface area (TPSA) is 132 Å². The molecule has 0 amide bonds. The van der Waals surface area contributed by atoms with Gasteiger partial charge in [-0.2, -0.15) is 0 Å². The van der Waals surface area contributed by atoms with E-state index in [4.69, 9.17) is 5.11 Å². The Balaban J connectivity index is -0.000000180. The molecule has 0 saturated heterocycles. The molecule has 7 N–H and O–H groups in total. The van der Waals surface area contributed by atoms with E-state index in [0.29, 0.717) is 6.42 Å². The van der Waals surface area contributed by atoms with Crippen molar-refractivity contribution in [2.45, 2.75) is 110 Å². The van der Waals surface area contributed by atoms with Gasteiger partial charge in [0.25, 0.3) is 0 Å². The molecule has 0 radical (unpaired) electrons. The zero-order chi connectivity index (χ0) is 14.9. The number of rotatable bonds is 16. The van der Waals surface area contributed by atoms with Crippen molar-refractivity contribution >= 4 is 23.3 Å². The summed E-state index contributed by atoms with van der Waals surface area (Å²) in [5.41, 5.74) is 0. The Labute approximate surface area is 180 Å². The van der Waals surface area contributed by atoms with Gasteiger partial charge in [-0.1, -0.05) is 96.8 Å². The Kier molecular flexibility index (Phi) is 57.5. The summed E-state index contributed by atoms with van der Waals surface area (Å²) in [6.07, 6.45) is 20.2. The third-order valence-electron chi connectivity index (χ3n) is 3.99. The minimum absolute atomic E-state index is 0. The van der Waals surface area contributed by atoms with E-state index in [-0.39, 0.29) is 55.5 Å². The maximum Gasteiger partial charge on any atom is 0.303 e. The summed E-state index contributed by atoms with van der Waals surface area (Å²) in [5.74, 6) is -0.653. The van der Waals surface area contributed by atoms with Gasteiger partial charge in [0, 0.05) is 28.1 Å². The molecule has 0 atom stereocenters. The molecule has 0 fully saturated rings. The zero-order valence-corrected chi connectivity index (χ0v) is 17.2. The summed E-state index contributed by atoms with van der Waals surface area (Å²) in [5, 5.41) is 8.52. The molecule has 0 rings (SSSR count). The Morgan fingerprint density at radius 3 is 1.08 bits per heavy atom. The van der Waals surface area contributed by atoms with Crippen LogP contribution in [0.4, 0.5) is 0 Å². The van der Waals surface area contributed by atoms with E-state index in [0.717, 1.165) is 12.8 Å². The van der Waals surface area contributed by atoms with E-state index >= 15 is 0 Å². The molecule has 25 heavy (non-hydrogen) atoms. The van der Waals surface area contributed by atoms with Crippen molar-refractivity contribution in [3.8, 4) is 0 Å². The maximum absolute atomic E-state index is 10.3. The molecule has 0 aromatic heterocycles. The normalized spacial score (nSPS) is 8.68. The molecule has 0 aromatic rings. The van der Waals surface area contributed by atoms with Crippen LogP contribution in [0.1, 0.15) is 110 Å². The molecule has 154 valence electrons. The van der Waals surface area contributed by atoms with Crippen LogP contribution in [0, 0.1) is 0 Å². The van der Waals surface area contributed by atoms with Crippen LogP contribution in [-0.4, -0.2) is 44.9 Å². The van der Waals surface area contributed by atoms with Gasteiger partial charge in [-0.05, 0) is 6.42 Å². The van der Waals surface area contributed by atoms with Crippen LogP contribution in [0.3, 0.4) is 0 Å². The first-order valence-corrected chi connectivity index (χ1v) is 8.99. The Hall–Kier alpha value is 0.597. The van der Waals surface area contributed by atoms with Gasteiger partial charge in [-0.25, -0.2) is 0 Å². The van der Waals surface area contributed by atoms with E-state index in [2.05, 4.69) is 6.92 Å². The second-order valence-electron chi connectivity index (χ2n) is 6.09. The standard InChI is InChI=1S/C18H36O2.Al.3H2O.Ti.3H/c1-2-3-4-5-6-7-8-9-10-11-12-13-14-15-16-17-18(19)20;;;;;;;;/h2-17H2,1H3,(H,19,20);;3*1H2;;;;. The van der Waals surface area contributed by atoms with Crippen LogP contribution < -0.4 is 0 Å². The first-order chi connectivity index (χ1) is 9.77. The minimum atomic E-state index is -0.653. The molecule has 0 aliphatic heterocycles. The molecular weight excluding hydrogens is 371 g/mol. The summed E-state index contributed by atoms with van der Waals surface area (Å²) in [4.78, 5) is 10.3. The molecule has 0 bridgehead atoms. The van der Waals surface area contributed by atoms with Gasteiger partial charge in [-0.3, -0.25) is 4.79 Å². The van der Waals surface area contributed by atoms with Crippen molar-refractivity contribution in [2.75, 3.05) is 0 Å². The van der Waals surface area contributed by atoms with Gasteiger partial charge in [0.05, 0.1) is 0 Å². The maximum atomic E-state index is 10.3. The van der Waals surface area contributed by atoms with Crippen LogP contribution in [0.2, 0.25) is 0 Å². The number of carboxylic acids is 1. The third-order valence-corrected chi connectivity index (χ3v) is 3.99. The number of carboxylic acid groups (broad SMARTS) is 1. The van der Waals surface area contributed by atoms with Crippen molar-refractivity contribution in [1.29, 1.82) is 0 Å². The molecule has 0 aliphatic rings. The van der Waals surface area contributed by atoms with E-state index in [1.54, 1.807) is 0 Å². The van der Waals surface area contributed by atoms with Gasteiger partial charge in [0.1, 0.15) is 0 Å². The van der Waals surface area contributed by atoms with Gasteiger partial charge >= 0.3 is 5.97 Å². The second kappa shape index (κ2) is 35.7. The monoisotopic (exact) mass is 416 g/mol. The molecular formula is C18H45AlO5Ti. The largest absolute Gasteiger partial charge is 0.481 e. The second-order valence-corrected chi connectivity index (χ2v) is 6.09. The van der Waals surface area contributed by atoms with E-state index < -0.39 is 5.97 Å². The summed E-state index contributed by atoms with van der Waals surface area (Å²) >= 11 is 0. The van der Waals surface area contributed by atoms with E-state index in [1.807, 2.05) is 0 Å². The molecule has 0 spiro atoms. The fraction of sp³-hybridized carbons (Fsp3) is 0.944. The molecule has 5 nitrogen and oxygen atoms in total. The number of hydrogen-bond acceptors (Lipinski definition) is 1. The van der Waals surface area contributed by atoms with Crippen LogP contribution in [0.5, 0.6) is 0 Å². The third kappa shape index (κ3) is 40.6. The van der Waals surface area contributed by atoms with Gasteiger partial charge in [0.15, 0.2) is 17.4 Å². The van der Waals surface area contributed by atoms with Crippen molar-refractivity contribution < 1.29 is 48.0 Å². The van der Waals surface area contributed by atoms with Gasteiger partial charge in [0.2, 0.25) is 0 Å². The average molecular weight is 416 g/mol. The van der Waals surface area contributed by atoms with Gasteiger partial charge < -0.3 is 21.5 Å². The molecule has 0 heterocycles. The Morgan fingerprint density at radius 1 is 0.600 bits per heavy atom. The van der Waals surface area contributed by atoms with E-state index in [1.165, 1.54) is 83.5 Å². The Morgan fingerprint density at radius 2 is 0.840 bits per heavy atom. The molecule has 0 saturated carbocycles. The predicted octanol–water partition coefficient (Wildman–Crippen LogP) is 2.67. The van der Waals surface area contributed by atoms with Crippen molar-refractivity contribution in [2.24, 2.45) is 0 Å². The first-order valence-electron chi connectivity index (χ1n) is 8.99. The SMILES string of the molecule is CCCCCCCCCCCCCCCCCC(=O)O.O.O.O.[AlH3].[Ti]. The van der Waals surface area contributed by atoms with Crippen LogP contribution in [0.15, 0.2) is 0 Å². The van der Waals surface area contributed by atoms with Crippen molar-refractivity contribution in [3.63, 3.8) is 0 Å². The average Bonchev–Trinajstić information content (AvgIpc) is 2.43. The quantitative estimate of drug-likeness (QED) is 0.306. The number of carbonyl (C=O) groups is 1. The number of hydrogen-bond donors (Lipinski definition) is 1. The van der Waals surface area contributed by atoms with Gasteiger partial charge in [-0.15, -0.1) is 0 Å². The van der Waals surface area contributed by atoms with E-state index in [9.17, 15) is 4.79 Å². The molecule has 0 aromatic carbocycles. The smallest absolute Gasteiger partial charge is 0.303 e. The molecule has 0 unspecified atom stereocenters. The Bertz CT molecular complexity index is 222. The zero-order valence-electron chi connectivity index (χ0n) is 15.7. The van der Waals surface area contributed by atoms with Crippen molar-refractivity contribution in [3.05, 3.63) is 0 Å².